The van der Waals surface area contributed by atoms with E-state index in [2.05, 4.69) is 20.4 Å². The monoisotopic (exact) mass is 224 g/mol. The minimum absolute atomic E-state index is 0.154. The number of nitrogens with two attached hydrogens (primary N) is 1. The molecule has 0 amide bonds. The van der Waals surface area contributed by atoms with Gasteiger partial charge >= 0.3 is 0 Å². The van der Waals surface area contributed by atoms with Crippen LogP contribution in [0.15, 0.2) is 5.38 Å². The summed E-state index contributed by atoms with van der Waals surface area (Å²) < 4.78 is 0. The lowest BCUT2D eigenvalue weighted by atomic mass is 10.1. The molecule has 2 N–H and O–H groups in total. The van der Waals surface area contributed by atoms with Crippen LogP contribution in [0.5, 0.6) is 0 Å². The van der Waals surface area contributed by atoms with Crippen LogP contribution in [0.4, 0.5) is 0 Å². The summed E-state index contributed by atoms with van der Waals surface area (Å²) in [4.78, 5) is 5.75. The van der Waals surface area contributed by atoms with Gasteiger partial charge in [0, 0.05) is 11.8 Å². The number of aromatic nitrogens is 5. The number of rotatable bonds is 3. The predicted molar refractivity (Wildman–Crippen MR) is 56.3 cm³/mol. The highest BCUT2D eigenvalue weighted by atomic mass is 32.1. The molecule has 0 saturated heterocycles. The van der Waals surface area contributed by atoms with Gasteiger partial charge in [-0.25, -0.2) is 4.98 Å². The van der Waals surface area contributed by atoms with Gasteiger partial charge in [0.15, 0.2) is 5.82 Å². The third-order valence-electron chi connectivity index (χ3n) is 1.97. The van der Waals surface area contributed by atoms with Crippen LogP contribution in [0.2, 0.25) is 0 Å². The third-order valence-corrected chi connectivity index (χ3v) is 2.76. The van der Waals surface area contributed by atoms with Crippen LogP contribution in [0, 0.1) is 6.92 Å². The molecular weight excluding hydrogens is 212 g/mol. The standard InChI is InChI=1S/C8H12N6S/c1-5-10-7(4-15-5)6(9)3-8-11-13-14(2)12-8/h4,6H,3,9H2,1-2H3. The normalized spacial score (nSPS) is 13.0. The number of tetrazole rings is 1. The van der Waals surface area contributed by atoms with Gasteiger partial charge in [-0.15, -0.1) is 21.5 Å². The van der Waals surface area contributed by atoms with Gasteiger partial charge in [-0.1, -0.05) is 0 Å². The van der Waals surface area contributed by atoms with Crippen molar-refractivity contribution in [3.63, 3.8) is 0 Å². The molecular formula is C8H12N6S. The van der Waals surface area contributed by atoms with Crippen molar-refractivity contribution in [3.8, 4) is 0 Å². The van der Waals surface area contributed by atoms with E-state index >= 15 is 0 Å². The molecule has 2 aromatic rings. The molecule has 0 saturated carbocycles. The first-order valence-electron chi connectivity index (χ1n) is 4.55. The van der Waals surface area contributed by atoms with E-state index in [0.717, 1.165) is 10.7 Å². The summed E-state index contributed by atoms with van der Waals surface area (Å²) in [7, 11) is 1.73. The summed E-state index contributed by atoms with van der Waals surface area (Å²) in [5.74, 6) is 0.649. The lowest BCUT2D eigenvalue weighted by Gasteiger charge is -2.04. The molecule has 7 heteroatoms. The Kier molecular flexibility index (Phi) is 2.74. The summed E-state index contributed by atoms with van der Waals surface area (Å²) in [5.41, 5.74) is 6.87. The van der Waals surface area contributed by atoms with Crippen molar-refractivity contribution in [2.75, 3.05) is 0 Å². The third kappa shape index (κ3) is 2.37. The van der Waals surface area contributed by atoms with Crippen LogP contribution >= 0.6 is 11.3 Å². The highest BCUT2D eigenvalue weighted by Crippen LogP contribution is 2.16. The molecule has 0 aromatic carbocycles. The Balaban J connectivity index is 2.06. The minimum Gasteiger partial charge on any atom is -0.322 e. The minimum atomic E-state index is -0.154. The fraction of sp³-hybridized carbons (Fsp3) is 0.500. The predicted octanol–water partition coefficient (Wildman–Crippen LogP) is 0.218. The Morgan fingerprint density at radius 1 is 1.60 bits per heavy atom. The molecule has 0 radical (unpaired) electrons. The molecule has 0 aliphatic heterocycles. The molecule has 1 atom stereocenters. The maximum absolute atomic E-state index is 5.98. The van der Waals surface area contributed by atoms with Crippen molar-refractivity contribution in [1.29, 1.82) is 0 Å². The summed E-state index contributed by atoms with van der Waals surface area (Å²) in [5, 5.41) is 14.7. The van der Waals surface area contributed by atoms with E-state index in [9.17, 15) is 0 Å². The molecule has 0 bridgehead atoms. The van der Waals surface area contributed by atoms with E-state index in [4.69, 9.17) is 5.73 Å². The molecule has 0 spiro atoms. The van der Waals surface area contributed by atoms with E-state index in [-0.39, 0.29) is 6.04 Å². The van der Waals surface area contributed by atoms with Crippen molar-refractivity contribution in [1.82, 2.24) is 25.2 Å². The van der Waals surface area contributed by atoms with Crippen LogP contribution in [-0.4, -0.2) is 25.2 Å². The number of hydrogen-bond acceptors (Lipinski definition) is 6. The largest absolute Gasteiger partial charge is 0.322 e. The molecule has 0 aliphatic rings. The van der Waals surface area contributed by atoms with Gasteiger partial charge in [0.05, 0.1) is 23.8 Å². The average molecular weight is 224 g/mol. The first-order chi connectivity index (χ1) is 7.15. The van der Waals surface area contributed by atoms with Crippen LogP contribution in [-0.2, 0) is 13.5 Å². The quantitative estimate of drug-likeness (QED) is 0.806. The summed E-state index contributed by atoms with van der Waals surface area (Å²) in [6, 6.07) is -0.154. The first-order valence-corrected chi connectivity index (χ1v) is 5.43. The highest BCUT2D eigenvalue weighted by Gasteiger charge is 2.13. The molecule has 80 valence electrons. The second kappa shape index (κ2) is 4.03. The zero-order valence-electron chi connectivity index (χ0n) is 8.58. The maximum atomic E-state index is 5.98. The number of hydrogen-bond donors (Lipinski definition) is 1. The first kappa shape index (κ1) is 10.2. The van der Waals surface area contributed by atoms with E-state index in [1.165, 1.54) is 4.80 Å². The smallest absolute Gasteiger partial charge is 0.176 e. The molecule has 0 aliphatic carbocycles. The average Bonchev–Trinajstić information content (AvgIpc) is 2.75. The number of aryl methyl sites for hydroxylation is 2. The van der Waals surface area contributed by atoms with Gasteiger partial charge < -0.3 is 5.73 Å². The Morgan fingerprint density at radius 2 is 2.40 bits per heavy atom. The van der Waals surface area contributed by atoms with Gasteiger partial charge in [0.1, 0.15) is 0 Å². The molecule has 0 fully saturated rings. The number of nitrogens with zero attached hydrogens (tertiary/aromatic N) is 5. The topological polar surface area (TPSA) is 82.5 Å². The molecule has 2 heterocycles. The fourth-order valence-corrected chi connectivity index (χ4v) is 1.93. The van der Waals surface area contributed by atoms with Gasteiger partial charge in [0.2, 0.25) is 0 Å². The lowest BCUT2D eigenvalue weighted by Crippen LogP contribution is -2.14. The van der Waals surface area contributed by atoms with Gasteiger partial charge in [-0.3, -0.25) is 0 Å². The van der Waals surface area contributed by atoms with Gasteiger partial charge in [-0.05, 0) is 12.1 Å². The Hall–Kier alpha value is -1.34. The van der Waals surface area contributed by atoms with Gasteiger partial charge in [-0.2, -0.15) is 4.80 Å². The molecule has 6 nitrogen and oxygen atoms in total. The van der Waals surface area contributed by atoms with Crippen LogP contribution < -0.4 is 5.73 Å². The lowest BCUT2D eigenvalue weighted by molar-refractivity contribution is 0.621. The zero-order valence-corrected chi connectivity index (χ0v) is 9.40. The van der Waals surface area contributed by atoms with Crippen molar-refractivity contribution < 1.29 is 0 Å². The molecule has 2 aromatic heterocycles. The maximum Gasteiger partial charge on any atom is 0.176 e. The van der Waals surface area contributed by atoms with E-state index in [0.29, 0.717) is 12.2 Å². The summed E-state index contributed by atoms with van der Waals surface area (Å²) in [6.07, 6.45) is 0.566. The zero-order chi connectivity index (χ0) is 10.8. The molecule has 15 heavy (non-hydrogen) atoms. The van der Waals surface area contributed by atoms with E-state index < -0.39 is 0 Å². The van der Waals surface area contributed by atoms with Crippen LogP contribution in [0.25, 0.3) is 0 Å². The SMILES string of the molecule is Cc1nc(C(N)Cc2nnn(C)n2)cs1. The second-order valence-electron chi connectivity index (χ2n) is 3.30. The molecule has 2 rings (SSSR count). The Morgan fingerprint density at radius 3 is 2.93 bits per heavy atom. The summed E-state index contributed by atoms with van der Waals surface area (Å²) in [6.45, 7) is 1.96. The van der Waals surface area contributed by atoms with E-state index in [1.807, 2.05) is 12.3 Å². The summed E-state index contributed by atoms with van der Waals surface area (Å²) >= 11 is 1.60. The van der Waals surface area contributed by atoms with Crippen molar-refractivity contribution in [2.24, 2.45) is 12.8 Å². The fourth-order valence-electron chi connectivity index (χ4n) is 1.26. The van der Waals surface area contributed by atoms with Crippen molar-refractivity contribution in [2.45, 2.75) is 19.4 Å². The van der Waals surface area contributed by atoms with Crippen molar-refractivity contribution >= 4 is 11.3 Å². The second-order valence-corrected chi connectivity index (χ2v) is 4.36. The highest BCUT2D eigenvalue weighted by molar-refractivity contribution is 7.09. The Bertz CT molecular complexity index is 447. The van der Waals surface area contributed by atoms with Gasteiger partial charge in [0.25, 0.3) is 0 Å². The van der Waals surface area contributed by atoms with Crippen LogP contribution in [0.3, 0.4) is 0 Å². The Labute approximate surface area is 91.1 Å². The number of thiazole rings is 1. The molecule has 1 unspecified atom stereocenters. The van der Waals surface area contributed by atoms with Crippen LogP contribution in [0.1, 0.15) is 22.6 Å². The van der Waals surface area contributed by atoms with Crippen molar-refractivity contribution in [3.05, 3.63) is 21.9 Å². The van der Waals surface area contributed by atoms with E-state index in [1.54, 1.807) is 18.4 Å².